The summed E-state index contributed by atoms with van der Waals surface area (Å²) in [5.41, 5.74) is 11.7. The van der Waals surface area contributed by atoms with Crippen molar-refractivity contribution >= 4 is 43.5 Å². The van der Waals surface area contributed by atoms with E-state index in [-0.39, 0.29) is 96.0 Å². The zero-order valence-electron chi connectivity index (χ0n) is 48.5. The molecule has 2 atom stereocenters. The smallest absolute Gasteiger partial charge is 0.343 e. The third-order valence-corrected chi connectivity index (χ3v) is 14.1. The maximum absolute atomic E-state index is 13.5. The van der Waals surface area contributed by atoms with Gasteiger partial charge in [0.1, 0.15) is 34.3 Å². The van der Waals surface area contributed by atoms with E-state index in [1.54, 1.807) is 32.0 Å². The molecule has 88 heavy (non-hydrogen) atoms. The molecule has 2 aliphatic rings. The average Bonchev–Trinajstić information content (AvgIpc) is 1.61. The van der Waals surface area contributed by atoms with Crippen molar-refractivity contribution in [2.75, 3.05) is 26.4 Å². The number of aliphatic hydroxyl groups is 2. The fraction of sp³-hybridized carbons (Fsp3) is 0.415. The van der Waals surface area contributed by atoms with E-state index in [0.29, 0.717) is 42.2 Å². The van der Waals surface area contributed by atoms with Gasteiger partial charge in [0.2, 0.25) is 34.8 Å². The molecule has 3 radical (unpaired) electrons. The third-order valence-electron chi connectivity index (χ3n) is 13.5. The zero-order chi connectivity index (χ0) is 61.2. The number of halogens is 7. The zero-order valence-corrected chi connectivity index (χ0v) is 50.0. The Labute approximate surface area is 525 Å². The van der Waals surface area contributed by atoms with Gasteiger partial charge >= 0.3 is 5.97 Å². The Bertz CT molecular complexity index is 3390. The van der Waals surface area contributed by atoms with E-state index in [9.17, 15) is 36.6 Å². The van der Waals surface area contributed by atoms with Crippen LogP contribution in [0.15, 0.2) is 97.3 Å². The summed E-state index contributed by atoms with van der Waals surface area (Å²) in [5, 5.41) is 21.9. The molecule has 1 amide bonds. The van der Waals surface area contributed by atoms with Crippen molar-refractivity contribution in [2.24, 2.45) is 5.73 Å². The lowest BCUT2D eigenvalue weighted by molar-refractivity contribution is -0.0541. The molecule has 2 aliphatic heterocycles. The van der Waals surface area contributed by atoms with Crippen molar-refractivity contribution in [3.8, 4) is 39.8 Å². The number of fused-ring (bicyclic) bond motifs is 2. The highest BCUT2D eigenvalue weighted by Crippen LogP contribution is 2.35. The first kappa shape index (κ1) is 75.4. The summed E-state index contributed by atoms with van der Waals surface area (Å²) in [5.74, 6) is -11.9. The quantitative estimate of drug-likeness (QED) is 0.0159. The second-order valence-electron chi connectivity index (χ2n) is 21.7. The van der Waals surface area contributed by atoms with Gasteiger partial charge in [0, 0.05) is 75.9 Å². The van der Waals surface area contributed by atoms with Crippen LogP contribution in [0, 0.1) is 29.1 Å². The summed E-state index contributed by atoms with van der Waals surface area (Å²) in [6.07, 6.45) is 6.41. The number of hydrogen-bond acceptors (Lipinski definition) is 12. The lowest BCUT2D eigenvalue weighted by Gasteiger charge is -2.30. The highest BCUT2D eigenvalue weighted by molar-refractivity contribution is 6.32. The predicted molar refractivity (Wildman–Crippen MR) is 335 cm³/mol. The molecule has 0 spiro atoms. The molecule has 9 rings (SSSR count). The number of esters is 1. The van der Waals surface area contributed by atoms with Gasteiger partial charge in [-0.15, -0.1) is 0 Å². The molecule has 477 valence electrons. The third kappa shape index (κ3) is 19.1. The normalized spacial score (nSPS) is 14.0. The van der Waals surface area contributed by atoms with Crippen LogP contribution in [0.5, 0.6) is 17.2 Å². The summed E-state index contributed by atoms with van der Waals surface area (Å²) in [6, 6.07) is 24.9. The second kappa shape index (κ2) is 33.1. The van der Waals surface area contributed by atoms with E-state index in [1.807, 2.05) is 52.0 Å². The molecule has 7 aromatic rings. The Morgan fingerprint density at radius 1 is 0.636 bits per heavy atom. The van der Waals surface area contributed by atoms with Crippen LogP contribution in [0.4, 0.5) is 22.0 Å². The minimum Gasteiger partial charge on any atom is -0.489 e. The van der Waals surface area contributed by atoms with Crippen molar-refractivity contribution in [3.63, 3.8) is 0 Å². The number of ether oxygens (including phenoxy) is 5. The number of nitrogens with zero attached hydrogens (tertiary/aromatic N) is 4. The summed E-state index contributed by atoms with van der Waals surface area (Å²) < 4.78 is 97.5. The first-order chi connectivity index (χ1) is 39.8. The monoisotopic (exact) mass is 1270 g/mol. The fourth-order valence-corrected chi connectivity index (χ4v) is 9.71. The Balaban J connectivity index is 0.000000348. The van der Waals surface area contributed by atoms with Crippen molar-refractivity contribution in [3.05, 3.63) is 170 Å². The van der Waals surface area contributed by atoms with Gasteiger partial charge in [-0.25, -0.2) is 27.9 Å². The van der Waals surface area contributed by atoms with Gasteiger partial charge < -0.3 is 54.1 Å². The second-order valence-corrected chi connectivity index (χ2v) is 22.5. The number of amides is 1. The molecule has 0 saturated heterocycles. The lowest BCUT2D eigenvalue weighted by atomic mass is 10.0. The van der Waals surface area contributed by atoms with E-state index >= 15 is 0 Å². The molecule has 2 unspecified atom stereocenters. The first-order valence-electron chi connectivity index (χ1n) is 27.3. The van der Waals surface area contributed by atoms with Crippen LogP contribution >= 0.6 is 23.2 Å². The Hall–Kier alpha value is -6.85. The number of aliphatic hydroxyl groups excluding tert-OH is 2. The summed E-state index contributed by atoms with van der Waals surface area (Å²) in [4.78, 5) is 34.4. The number of imidazole rings is 2. The number of rotatable bonds is 18. The van der Waals surface area contributed by atoms with E-state index in [1.165, 1.54) is 11.6 Å². The SMILES string of the molecule is C.C.C.CC(C)Oc1ccc(C(=O)NC(CCO)Cc2ccc(-c3cn4c(n3)C(C)(C)OCC4)cc2)cc1Cl.CC(C)Oc1ccc(C(=O)Oc2c(F)c(F)c(F)c(F)c2F)cc1Cl.CC1(C)OCCn2cc(-c3ccc(CC(N)CCO)cc3)nc21.[B]. The van der Waals surface area contributed by atoms with Gasteiger partial charge in [0.05, 0.1) is 52.4 Å². The van der Waals surface area contributed by atoms with E-state index < -0.39 is 46.4 Å². The van der Waals surface area contributed by atoms with Gasteiger partial charge in [-0.2, -0.15) is 8.78 Å². The minimum absolute atomic E-state index is 0. The number of aromatic nitrogens is 4. The van der Waals surface area contributed by atoms with Crippen molar-refractivity contribution in [1.29, 1.82) is 0 Å². The first-order valence-corrected chi connectivity index (χ1v) is 28.1. The van der Waals surface area contributed by atoms with Crippen LogP contribution in [0.25, 0.3) is 22.5 Å². The van der Waals surface area contributed by atoms with Crippen molar-refractivity contribution in [2.45, 2.75) is 152 Å². The topological polar surface area (TPSA) is 194 Å². The predicted octanol–water partition coefficient (Wildman–Crippen LogP) is 13.6. The number of hydrogen-bond donors (Lipinski definition) is 4. The molecule has 15 nitrogen and oxygen atoms in total. The summed E-state index contributed by atoms with van der Waals surface area (Å²) >= 11 is 12.2. The molecule has 0 aliphatic carbocycles. The standard InChI is InChI=1S/C28H34ClN3O4.C18H25N3O2.C16H10ClF5O3.3CH4.B/c1-18(2)36-25-10-9-21(16-23(25)29)26(34)30-22(11-13-33)15-19-5-7-20(8-6-19)24-17-32-12-14-35-28(3,4)27(32)31-24;1-18(2)17-20-16(12-21(17)8-10-23-18)14-5-3-13(4-6-14)11-15(19)7-9-22;1-6(2)24-9-4-3-7(5-8(9)17)16(23)25-15-13(21)11(19)10(18)12(20)14(15)22;;;;/h5-10,16-18,22,33H,11-15H2,1-4H3,(H,30,34);3-6,12,15,22H,7-11,19H2,1-2H3;3-6H,1-2H3;3*1H4;. The van der Waals surface area contributed by atoms with Crippen molar-refractivity contribution in [1.82, 2.24) is 24.4 Å². The number of nitrogens with one attached hydrogen (secondary N) is 1. The Morgan fingerprint density at radius 3 is 1.45 bits per heavy atom. The molecular formula is C65H81BCl2F5N6O9. The van der Waals surface area contributed by atoms with Crippen LogP contribution < -0.4 is 25.3 Å². The molecule has 0 fully saturated rings. The van der Waals surface area contributed by atoms with Gasteiger partial charge in [-0.3, -0.25) is 4.79 Å². The maximum atomic E-state index is 13.5. The number of nitrogens with two attached hydrogens (primary N) is 1. The fourth-order valence-electron chi connectivity index (χ4n) is 9.26. The average molecular weight is 1270 g/mol. The Kier molecular flexibility index (Phi) is 28.4. The van der Waals surface area contributed by atoms with E-state index in [2.05, 4.69) is 69.7 Å². The Morgan fingerprint density at radius 2 is 1.05 bits per heavy atom. The van der Waals surface area contributed by atoms with Crippen molar-refractivity contribution < 1.29 is 65.4 Å². The molecule has 23 heteroatoms. The molecule has 0 saturated carbocycles. The lowest BCUT2D eigenvalue weighted by Crippen LogP contribution is -2.37. The van der Waals surface area contributed by atoms with Crippen LogP contribution in [0.3, 0.4) is 0 Å². The molecule has 5 N–H and O–H groups in total. The molecule has 2 aromatic heterocycles. The number of benzene rings is 5. The molecular weight excluding hydrogens is 1190 g/mol. The van der Waals surface area contributed by atoms with Crippen LogP contribution in [0.1, 0.15) is 134 Å². The number of carbonyl (C=O) groups excluding carboxylic acids is 2. The highest BCUT2D eigenvalue weighted by atomic mass is 35.5. The van der Waals surface area contributed by atoms with Crippen LogP contribution in [-0.2, 0) is 46.6 Å². The van der Waals surface area contributed by atoms with Crippen LogP contribution in [-0.4, -0.2) is 100 Å². The summed E-state index contributed by atoms with van der Waals surface area (Å²) in [7, 11) is 0. The van der Waals surface area contributed by atoms with Gasteiger partial charge in [-0.05, 0) is 129 Å². The van der Waals surface area contributed by atoms with Gasteiger partial charge in [0.15, 0.2) is 0 Å². The van der Waals surface area contributed by atoms with Crippen LogP contribution in [0.2, 0.25) is 10.0 Å². The van der Waals surface area contributed by atoms with E-state index in [4.69, 9.17) is 63.0 Å². The molecule has 5 aromatic carbocycles. The van der Waals surface area contributed by atoms with E-state index in [0.717, 1.165) is 78.0 Å². The minimum atomic E-state index is -2.35. The molecule has 4 heterocycles. The largest absolute Gasteiger partial charge is 0.489 e. The summed E-state index contributed by atoms with van der Waals surface area (Å²) in [6.45, 7) is 18.6. The molecule has 0 bridgehead atoms. The van der Waals surface area contributed by atoms with Gasteiger partial charge in [0.25, 0.3) is 5.91 Å². The van der Waals surface area contributed by atoms with Gasteiger partial charge in [-0.1, -0.05) is 94.0 Å². The maximum Gasteiger partial charge on any atom is 0.343 e. The number of carbonyl (C=O) groups is 2. The highest BCUT2D eigenvalue weighted by Gasteiger charge is 2.33.